The minimum atomic E-state index is -4.73. The molecule has 0 spiro atoms. The second-order valence-electron chi connectivity index (χ2n) is 11.2. The molecule has 3 aliphatic rings. The molecule has 5 heterocycles. The molecule has 2 aromatic heterocycles. The van der Waals surface area contributed by atoms with E-state index in [0.29, 0.717) is 37.6 Å². The van der Waals surface area contributed by atoms with Crippen molar-refractivity contribution in [2.75, 3.05) is 41.4 Å². The summed E-state index contributed by atoms with van der Waals surface area (Å²) < 4.78 is 58.8. The summed E-state index contributed by atoms with van der Waals surface area (Å²) in [4.78, 5) is 38.8. The summed E-state index contributed by atoms with van der Waals surface area (Å²) >= 11 is 0. The van der Waals surface area contributed by atoms with E-state index in [1.54, 1.807) is 24.3 Å². The van der Waals surface area contributed by atoms with Gasteiger partial charge in [-0.15, -0.1) is 0 Å². The highest BCUT2D eigenvalue weighted by atomic mass is 19.4. The zero-order valence-corrected chi connectivity index (χ0v) is 24.0. The van der Waals surface area contributed by atoms with Gasteiger partial charge in [-0.05, 0) is 44.0 Å². The maximum atomic E-state index is 13.9. The molecule has 2 saturated heterocycles. The van der Waals surface area contributed by atoms with E-state index in [1.165, 1.54) is 41.4 Å². The third-order valence-corrected chi connectivity index (χ3v) is 7.61. The van der Waals surface area contributed by atoms with Crippen LogP contribution in [-0.2, 0) is 9.47 Å². The summed E-state index contributed by atoms with van der Waals surface area (Å²) in [7, 11) is 0. The fraction of sp³-hybridized carbons (Fsp3) is 0.400. The predicted molar refractivity (Wildman–Crippen MR) is 154 cm³/mol. The number of nitrogens with one attached hydrogen (secondary N) is 2. The highest BCUT2D eigenvalue weighted by molar-refractivity contribution is 6.05. The smallest absolute Gasteiger partial charge is 0.412 e. The van der Waals surface area contributed by atoms with Crippen LogP contribution in [0.3, 0.4) is 0 Å². The Morgan fingerprint density at radius 1 is 1.16 bits per heavy atom. The van der Waals surface area contributed by atoms with Gasteiger partial charge in [0.15, 0.2) is 17.6 Å². The number of carbonyl (C=O) groups excluding carboxylic acids is 2. The molecule has 0 aliphatic carbocycles. The Bertz CT molecular complexity index is 1540. The molecule has 44 heavy (non-hydrogen) atoms. The Morgan fingerprint density at radius 3 is 2.68 bits per heavy atom. The highest BCUT2D eigenvalue weighted by Crippen LogP contribution is 2.39. The number of carbonyl (C=O) groups is 2. The molecule has 2 N–H and O–H groups in total. The standard InChI is InChI=1S/C30H31F3N6O5/c1-29(2)43-17-21(44-29)16-42-20-10-12-34-24(14-20)36-28(41)39-19-11-13-38(15-19)23-9-8-22(35-26(23)39)27(40)37-25(30(31,32)33)18-6-4-3-5-7-18/h3-10,12,14,19,21,25H,11,13,15-17H2,1-2H3,(H,37,40)(H,34,36,41)/t19-,21-,25+/m0/s1. The van der Waals surface area contributed by atoms with Crippen LogP contribution in [0.5, 0.6) is 5.75 Å². The topological polar surface area (TPSA) is 118 Å². The Morgan fingerprint density at radius 2 is 1.95 bits per heavy atom. The van der Waals surface area contributed by atoms with E-state index in [0.717, 1.165) is 0 Å². The van der Waals surface area contributed by atoms with Gasteiger partial charge in [-0.2, -0.15) is 13.2 Å². The van der Waals surface area contributed by atoms with Crippen LogP contribution in [-0.4, -0.2) is 72.3 Å². The molecule has 2 bridgehead atoms. The molecule has 0 unspecified atom stereocenters. The summed E-state index contributed by atoms with van der Waals surface area (Å²) in [6.07, 6.45) is -2.84. The monoisotopic (exact) mass is 612 g/mol. The number of ether oxygens (including phenoxy) is 3. The van der Waals surface area contributed by atoms with Crippen LogP contribution in [0.4, 0.5) is 35.3 Å². The van der Waals surface area contributed by atoms with Crippen LogP contribution < -0.4 is 25.2 Å². The minimum Gasteiger partial charge on any atom is -0.491 e. The van der Waals surface area contributed by atoms with E-state index in [4.69, 9.17) is 14.2 Å². The van der Waals surface area contributed by atoms with Crippen molar-refractivity contribution in [3.8, 4) is 5.75 Å². The number of amides is 3. The number of anilines is 3. The van der Waals surface area contributed by atoms with Gasteiger partial charge in [0.05, 0.1) is 18.3 Å². The maximum absolute atomic E-state index is 13.9. The van der Waals surface area contributed by atoms with Crippen LogP contribution in [0.25, 0.3) is 0 Å². The Labute approximate surface area is 251 Å². The normalized spacial score (nSPS) is 21.0. The van der Waals surface area contributed by atoms with E-state index in [-0.39, 0.29) is 41.6 Å². The number of alkyl halides is 3. The van der Waals surface area contributed by atoms with Gasteiger partial charge in [0, 0.05) is 25.4 Å². The number of fused-ring (bicyclic) bond motifs is 4. The maximum Gasteiger partial charge on any atom is 0.412 e. The van der Waals surface area contributed by atoms with Crippen LogP contribution in [0.1, 0.15) is 42.4 Å². The van der Waals surface area contributed by atoms with Gasteiger partial charge in [-0.3, -0.25) is 15.0 Å². The lowest BCUT2D eigenvalue weighted by molar-refractivity contribution is -0.155. The molecule has 0 radical (unpaired) electrons. The number of pyridine rings is 2. The number of nitrogens with zero attached hydrogens (tertiary/aromatic N) is 4. The first-order valence-electron chi connectivity index (χ1n) is 14.2. The number of urea groups is 1. The number of aromatic nitrogens is 2. The fourth-order valence-corrected chi connectivity index (χ4v) is 5.58. The van der Waals surface area contributed by atoms with Crippen LogP contribution >= 0.6 is 0 Å². The number of benzene rings is 1. The quantitative estimate of drug-likeness (QED) is 0.396. The van der Waals surface area contributed by atoms with Gasteiger partial charge in [0.25, 0.3) is 5.91 Å². The molecular formula is C30H31F3N6O5. The first kappa shape index (κ1) is 29.6. The molecule has 3 amide bonds. The summed E-state index contributed by atoms with van der Waals surface area (Å²) in [5.74, 6) is -0.824. The van der Waals surface area contributed by atoms with Crippen molar-refractivity contribution < 1.29 is 37.0 Å². The Hall–Kier alpha value is -4.43. The molecular weight excluding hydrogens is 581 g/mol. The highest BCUT2D eigenvalue weighted by Gasteiger charge is 2.43. The third kappa shape index (κ3) is 6.26. The van der Waals surface area contributed by atoms with Crippen LogP contribution in [0, 0.1) is 0 Å². The van der Waals surface area contributed by atoms with E-state index in [2.05, 4.69) is 20.6 Å². The lowest BCUT2D eigenvalue weighted by Crippen LogP contribution is -2.48. The van der Waals surface area contributed by atoms with Gasteiger partial charge in [-0.25, -0.2) is 14.8 Å². The zero-order valence-electron chi connectivity index (χ0n) is 24.0. The van der Waals surface area contributed by atoms with Gasteiger partial charge in [-0.1, -0.05) is 30.3 Å². The predicted octanol–water partition coefficient (Wildman–Crippen LogP) is 4.67. The van der Waals surface area contributed by atoms with Crippen molar-refractivity contribution in [1.82, 2.24) is 15.3 Å². The summed E-state index contributed by atoms with van der Waals surface area (Å²) in [6, 6.07) is 10.3. The molecule has 2 fully saturated rings. The first-order valence-corrected chi connectivity index (χ1v) is 14.2. The van der Waals surface area contributed by atoms with Crippen LogP contribution in [0.15, 0.2) is 60.8 Å². The van der Waals surface area contributed by atoms with Crippen molar-refractivity contribution >= 4 is 29.3 Å². The largest absolute Gasteiger partial charge is 0.491 e. The molecule has 0 saturated carbocycles. The number of rotatable bonds is 7. The van der Waals surface area contributed by atoms with Crippen molar-refractivity contribution in [3.63, 3.8) is 0 Å². The zero-order chi connectivity index (χ0) is 31.1. The lowest BCUT2D eigenvalue weighted by atomic mass is 10.1. The average molecular weight is 613 g/mol. The third-order valence-electron chi connectivity index (χ3n) is 7.61. The van der Waals surface area contributed by atoms with E-state index >= 15 is 0 Å². The Kier molecular flexibility index (Phi) is 7.80. The second kappa shape index (κ2) is 11.6. The number of hydrogen-bond acceptors (Lipinski definition) is 8. The van der Waals surface area contributed by atoms with E-state index in [9.17, 15) is 22.8 Å². The molecule has 3 aromatic rings. The molecule has 14 heteroatoms. The van der Waals surface area contributed by atoms with Crippen molar-refractivity contribution in [1.29, 1.82) is 0 Å². The minimum absolute atomic E-state index is 0.108. The Balaban J connectivity index is 1.19. The molecule has 11 nitrogen and oxygen atoms in total. The summed E-state index contributed by atoms with van der Waals surface area (Å²) in [5, 5.41) is 4.83. The van der Waals surface area contributed by atoms with Gasteiger partial charge >= 0.3 is 12.2 Å². The van der Waals surface area contributed by atoms with Gasteiger partial charge in [0.1, 0.15) is 30.0 Å². The van der Waals surface area contributed by atoms with Crippen molar-refractivity contribution in [3.05, 3.63) is 72.1 Å². The lowest BCUT2D eigenvalue weighted by Gasteiger charge is -2.35. The molecule has 232 valence electrons. The first-order chi connectivity index (χ1) is 21.0. The van der Waals surface area contributed by atoms with Crippen molar-refractivity contribution in [2.45, 2.75) is 50.4 Å². The molecule has 3 aliphatic heterocycles. The fourth-order valence-electron chi connectivity index (χ4n) is 5.58. The van der Waals surface area contributed by atoms with Gasteiger partial charge < -0.3 is 24.4 Å². The molecule has 3 atom stereocenters. The van der Waals surface area contributed by atoms with Crippen molar-refractivity contribution in [2.24, 2.45) is 0 Å². The van der Waals surface area contributed by atoms with E-state index in [1.807, 2.05) is 18.7 Å². The SMILES string of the molecule is CC1(C)OC[C@H](COc2ccnc(NC(=O)N3c4nc(C(=O)N[C@H](c5ccccc5)C(F)(F)F)ccc4N4CC[C@H]3C4)c2)O1. The number of hydrogen-bond donors (Lipinski definition) is 2. The van der Waals surface area contributed by atoms with E-state index < -0.39 is 29.9 Å². The van der Waals surface area contributed by atoms with Crippen LogP contribution in [0.2, 0.25) is 0 Å². The average Bonchev–Trinajstić information content (AvgIpc) is 3.57. The summed E-state index contributed by atoms with van der Waals surface area (Å²) in [6.45, 7) is 5.49. The number of halogens is 3. The molecule has 1 aromatic carbocycles. The summed E-state index contributed by atoms with van der Waals surface area (Å²) in [5.41, 5.74) is 0.250. The molecule has 6 rings (SSSR count). The van der Waals surface area contributed by atoms with Gasteiger partial charge in [0.2, 0.25) is 0 Å². The second-order valence-corrected chi connectivity index (χ2v) is 11.2.